The highest BCUT2D eigenvalue weighted by Gasteiger charge is 2.21. The van der Waals surface area contributed by atoms with Crippen molar-refractivity contribution in [1.82, 2.24) is 10.2 Å². The van der Waals surface area contributed by atoms with E-state index in [4.69, 9.17) is 0 Å². The van der Waals surface area contributed by atoms with Crippen LogP contribution < -0.4 is 5.32 Å². The Morgan fingerprint density at radius 1 is 1.05 bits per heavy atom. The van der Waals surface area contributed by atoms with Gasteiger partial charge in [-0.15, -0.1) is 0 Å². The van der Waals surface area contributed by atoms with Crippen LogP contribution in [-0.2, 0) is 0 Å². The summed E-state index contributed by atoms with van der Waals surface area (Å²) < 4.78 is 12.9. The summed E-state index contributed by atoms with van der Waals surface area (Å²) in [6.45, 7) is 0. The Morgan fingerprint density at radius 3 is 2.50 bits per heavy atom. The molecule has 1 aliphatic heterocycles. The van der Waals surface area contributed by atoms with E-state index in [1.807, 2.05) is 31.4 Å². The maximum Gasteiger partial charge on any atom is 0.152 e. The number of hydrogen-bond donors (Lipinski definition) is 1. The average molecular weight is 310 g/mol. The van der Waals surface area contributed by atoms with Crippen LogP contribution in [0.1, 0.15) is 5.56 Å². The number of allylic oxidation sites excluding steroid dienone is 1. The minimum atomic E-state index is -0.247. The molecule has 2 nitrogen and oxygen atoms in total. The van der Waals surface area contributed by atoms with E-state index >= 15 is 0 Å². The number of benzene rings is 2. The smallest absolute Gasteiger partial charge is 0.152 e. The molecule has 1 aliphatic rings. The quantitative estimate of drug-likeness (QED) is 0.853. The Balaban J connectivity index is 1.66. The molecule has 0 fully saturated rings. The second-order valence-electron chi connectivity index (χ2n) is 4.85. The first-order valence-corrected chi connectivity index (χ1v) is 7.79. The fraction of sp³-hybridized carbons (Fsp3) is 0.111. The van der Waals surface area contributed by atoms with E-state index in [0.29, 0.717) is 0 Å². The summed E-state index contributed by atoms with van der Waals surface area (Å²) in [6, 6.07) is 16.4. The van der Waals surface area contributed by atoms with Gasteiger partial charge in [-0.05, 0) is 42.3 Å². The van der Waals surface area contributed by atoms with Gasteiger partial charge in [-0.1, -0.05) is 35.9 Å². The van der Waals surface area contributed by atoms with Crippen molar-refractivity contribution in [3.63, 3.8) is 0 Å². The predicted molar refractivity (Wildman–Crippen MR) is 88.3 cm³/mol. The predicted octanol–water partition coefficient (Wildman–Crippen LogP) is 3.63. The van der Waals surface area contributed by atoms with Gasteiger partial charge < -0.3 is 10.2 Å². The lowest BCUT2D eigenvalue weighted by Gasteiger charge is -2.22. The fourth-order valence-corrected chi connectivity index (χ4v) is 3.00. The van der Waals surface area contributed by atoms with Gasteiger partial charge in [0, 0.05) is 23.7 Å². The third-order valence-electron chi connectivity index (χ3n) is 3.26. The summed E-state index contributed by atoms with van der Waals surface area (Å²) in [4.78, 5) is 3.29. The molecule has 0 saturated carbocycles. The molecule has 0 aliphatic carbocycles. The minimum Gasteiger partial charge on any atom is -0.360 e. The van der Waals surface area contributed by atoms with Crippen LogP contribution in [0.15, 0.2) is 71.4 Å². The first kappa shape index (κ1) is 14.6. The fourth-order valence-electron chi connectivity index (χ4n) is 2.02. The Hall–Kier alpha value is -2.38. The van der Waals surface area contributed by atoms with Gasteiger partial charge in [-0.25, -0.2) is 4.39 Å². The van der Waals surface area contributed by atoms with Crippen LogP contribution >= 0.6 is 11.8 Å². The van der Waals surface area contributed by atoms with Gasteiger partial charge in [-0.3, -0.25) is 0 Å². The zero-order chi connectivity index (χ0) is 15.4. The molecule has 1 N–H and O–H groups in total. The van der Waals surface area contributed by atoms with Gasteiger partial charge in [0.15, 0.2) is 5.50 Å². The highest BCUT2D eigenvalue weighted by Crippen LogP contribution is 2.27. The van der Waals surface area contributed by atoms with Crippen molar-refractivity contribution in [2.75, 3.05) is 7.05 Å². The van der Waals surface area contributed by atoms with Crippen LogP contribution in [0.4, 0.5) is 4.39 Å². The summed E-state index contributed by atoms with van der Waals surface area (Å²) in [5.74, 6) is 5.93. The van der Waals surface area contributed by atoms with Gasteiger partial charge in [0.05, 0.1) is 0 Å². The topological polar surface area (TPSA) is 15.3 Å². The monoisotopic (exact) mass is 310 g/mol. The molecule has 0 bridgehead atoms. The van der Waals surface area contributed by atoms with E-state index in [-0.39, 0.29) is 11.3 Å². The normalized spacial score (nSPS) is 16.5. The highest BCUT2D eigenvalue weighted by atomic mass is 32.2. The van der Waals surface area contributed by atoms with Crippen LogP contribution in [0.2, 0.25) is 0 Å². The standard InChI is InChI=1S/C18H15FN2S/c1-21-16(12-9-14-7-10-15(19)11-8-14)13-20-18(21)22-17-5-3-2-4-6-17/h2-8,10-11,13,18,20H,1H3. The van der Waals surface area contributed by atoms with Crippen molar-refractivity contribution in [2.45, 2.75) is 10.4 Å². The number of hydrogen-bond acceptors (Lipinski definition) is 3. The first-order chi connectivity index (χ1) is 10.7. The molecule has 1 heterocycles. The van der Waals surface area contributed by atoms with Crippen molar-refractivity contribution in [3.05, 3.63) is 77.9 Å². The summed E-state index contributed by atoms with van der Waals surface area (Å²) in [5.41, 5.74) is 1.84. The van der Waals surface area contributed by atoms with Crippen LogP contribution in [0.5, 0.6) is 0 Å². The van der Waals surface area contributed by atoms with E-state index in [0.717, 1.165) is 11.3 Å². The number of rotatable bonds is 2. The highest BCUT2D eigenvalue weighted by molar-refractivity contribution is 7.99. The largest absolute Gasteiger partial charge is 0.360 e. The van der Waals surface area contributed by atoms with Crippen LogP contribution in [0.25, 0.3) is 0 Å². The minimum absolute atomic E-state index is 0.125. The summed E-state index contributed by atoms with van der Waals surface area (Å²) in [5, 5.41) is 3.31. The van der Waals surface area contributed by atoms with Crippen LogP contribution in [0, 0.1) is 17.7 Å². The summed E-state index contributed by atoms with van der Waals surface area (Å²) in [7, 11) is 2.01. The Bertz CT molecular complexity index is 729. The maximum absolute atomic E-state index is 12.9. The van der Waals surface area contributed by atoms with Crippen molar-refractivity contribution >= 4 is 11.8 Å². The van der Waals surface area contributed by atoms with Gasteiger partial charge in [0.1, 0.15) is 11.5 Å². The third kappa shape index (κ3) is 3.44. The number of thioether (sulfide) groups is 1. The lowest BCUT2D eigenvalue weighted by molar-refractivity contribution is 0.420. The summed E-state index contributed by atoms with van der Waals surface area (Å²) in [6.07, 6.45) is 1.91. The molecule has 1 unspecified atom stereocenters. The van der Waals surface area contributed by atoms with E-state index in [1.165, 1.54) is 17.0 Å². The van der Waals surface area contributed by atoms with E-state index < -0.39 is 0 Å². The van der Waals surface area contributed by atoms with Crippen molar-refractivity contribution in [2.24, 2.45) is 0 Å². The lowest BCUT2D eigenvalue weighted by Crippen LogP contribution is -2.30. The van der Waals surface area contributed by atoms with Gasteiger partial charge in [0.2, 0.25) is 0 Å². The lowest BCUT2D eigenvalue weighted by atomic mass is 10.2. The Labute approximate surface area is 134 Å². The van der Waals surface area contributed by atoms with Crippen molar-refractivity contribution in [3.8, 4) is 11.8 Å². The zero-order valence-corrected chi connectivity index (χ0v) is 12.9. The molecule has 22 heavy (non-hydrogen) atoms. The first-order valence-electron chi connectivity index (χ1n) is 6.91. The molecule has 3 rings (SSSR count). The molecule has 2 aromatic carbocycles. The number of nitrogens with one attached hydrogen (secondary N) is 1. The molecule has 0 spiro atoms. The van der Waals surface area contributed by atoms with Crippen LogP contribution in [0.3, 0.4) is 0 Å². The molecule has 0 aromatic heterocycles. The van der Waals surface area contributed by atoms with E-state index in [2.05, 4.69) is 34.2 Å². The molecule has 0 radical (unpaired) electrons. The Kier molecular flexibility index (Phi) is 4.36. The third-order valence-corrected chi connectivity index (χ3v) is 4.48. The molecule has 110 valence electrons. The molecular weight excluding hydrogens is 295 g/mol. The van der Waals surface area contributed by atoms with Gasteiger partial charge in [-0.2, -0.15) is 0 Å². The van der Waals surface area contributed by atoms with Crippen LogP contribution in [-0.4, -0.2) is 17.4 Å². The second kappa shape index (κ2) is 6.59. The molecule has 1 atom stereocenters. The van der Waals surface area contributed by atoms with Gasteiger partial charge in [0.25, 0.3) is 0 Å². The SMILES string of the molecule is CN1C(C#Cc2ccc(F)cc2)=CNC1Sc1ccccc1. The molecule has 2 aromatic rings. The van der Waals surface area contributed by atoms with Crippen molar-refractivity contribution < 1.29 is 4.39 Å². The molecule has 0 saturated heterocycles. The average Bonchev–Trinajstić information content (AvgIpc) is 2.88. The molecular formula is C18H15FN2S. The van der Waals surface area contributed by atoms with E-state index in [1.54, 1.807) is 23.9 Å². The number of halogens is 1. The van der Waals surface area contributed by atoms with E-state index in [9.17, 15) is 4.39 Å². The maximum atomic E-state index is 12.9. The second-order valence-corrected chi connectivity index (χ2v) is 6.00. The zero-order valence-electron chi connectivity index (χ0n) is 12.1. The molecule has 4 heteroatoms. The van der Waals surface area contributed by atoms with Gasteiger partial charge >= 0.3 is 0 Å². The summed E-state index contributed by atoms with van der Waals surface area (Å²) >= 11 is 1.73. The number of nitrogens with zero attached hydrogens (tertiary/aromatic N) is 1. The Morgan fingerprint density at radius 2 is 1.77 bits per heavy atom. The van der Waals surface area contributed by atoms with Crippen molar-refractivity contribution in [1.29, 1.82) is 0 Å². The molecule has 0 amide bonds.